The van der Waals surface area contributed by atoms with Gasteiger partial charge in [0.05, 0.1) is 0 Å². The van der Waals surface area contributed by atoms with Gasteiger partial charge in [-0.1, -0.05) is 20.8 Å². The van der Waals surface area contributed by atoms with E-state index in [1.807, 2.05) is 10.8 Å². The smallest absolute Gasteiger partial charge is 0.239 e. The number of carbonyl (C=O) groups excluding carboxylic acids is 1. The van der Waals surface area contributed by atoms with Crippen molar-refractivity contribution in [1.82, 2.24) is 15.2 Å². The van der Waals surface area contributed by atoms with E-state index >= 15 is 0 Å². The number of hydrogen-bond acceptors (Lipinski definition) is 2. The van der Waals surface area contributed by atoms with Crippen LogP contribution in [-0.4, -0.2) is 23.6 Å². The van der Waals surface area contributed by atoms with Crippen LogP contribution in [0.3, 0.4) is 0 Å². The van der Waals surface area contributed by atoms with E-state index in [0.29, 0.717) is 12.6 Å². The van der Waals surface area contributed by atoms with Gasteiger partial charge >= 0.3 is 0 Å². The van der Waals surface area contributed by atoms with Gasteiger partial charge in [0.2, 0.25) is 5.91 Å². The molecule has 1 atom stereocenters. The highest BCUT2D eigenvalue weighted by Gasteiger charge is 2.10. The van der Waals surface area contributed by atoms with E-state index in [1.54, 1.807) is 0 Å². The van der Waals surface area contributed by atoms with Gasteiger partial charge in [0.1, 0.15) is 6.54 Å². The number of amides is 1. The number of carbonyl (C=O) groups is 1. The second kappa shape index (κ2) is 8.75. The molecule has 0 aliphatic heterocycles. The zero-order valence-corrected chi connectivity index (χ0v) is 12.4. The Morgan fingerprint density at radius 2 is 2.00 bits per heavy atom. The number of nitrogens with one attached hydrogen (secondary N) is 2. The summed E-state index contributed by atoms with van der Waals surface area (Å²) in [6.45, 7) is 8.59. The molecule has 1 heterocycles. The minimum absolute atomic E-state index is 0.0820. The third kappa shape index (κ3) is 5.47. The molecule has 0 saturated heterocycles. The van der Waals surface area contributed by atoms with Crippen LogP contribution in [0.4, 0.5) is 0 Å². The molecule has 0 aromatic carbocycles. The number of aromatic nitrogens is 1. The first kappa shape index (κ1) is 15.8. The fourth-order valence-corrected chi connectivity index (χ4v) is 2.07. The van der Waals surface area contributed by atoms with Crippen LogP contribution in [0.25, 0.3) is 0 Å². The molecule has 1 aromatic heterocycles. The number of rotatable bonds is 9. The average Bonchev–Trinajstić information content (AvgIpc) is 2.85. The normalized spacial score (nSPS) is 12.4. The van der Waals surface area contributed by atoms with Crippen molar-refractivity contribution in [3.05, 3.63) is 24.0 Å². The van der Waals surface area contributed by atoms with Gasteiger partial charge in [-0.15, -0.1) is 0 Å². The molecule has 0 bridgehead atoms. The van der Waals surface area contributed by atoms with Gasteiger partial charge < -0.3 is 15.2 Å². The lowest BCUT2D eigenvalue weighted by Gasteiger charge is -2.15. The lowest BCUT2D eigenvalue weighted by Crippen LogP contribution is -2.27. The van der Waals surface area contributed by atoms with Crippen molar-refractivity contribution < 1.29 is 4.79 Å². The lowest BCUT2D eigenvalue weighted by atomic mass is 10.1. The third-order valence-electron chi connectivity index (χ3n) is 3.12. The number of hydrogen-bond donors (Lipinski definition) is 2. The lowest BCUT2D eigenvalue weighted by molar-refractivity contribution is -0.121. The predicted molar refractivity (Wildman–Crippen MR) is 79.1 cm³/mol. The van der Waals surface area contributed by atoms with Gasteiger partial charge in [-0.3, -0.25) is 4.79 Å². The molecule has 0 fully saturated rings. The molecule has 0 radical (unpaired) electrons. The molecule has 19 heavy (non-hydrogen) atoms. The average molecular weight is 265 g/mol. The van der Waals surface area contributed by atoms with Crippen LogP contribution < -0.4 is 10.6 Å². The Morgan fingerprint density at radius 3 is 2.63 bits per heavy atom. The fourth-order valence-electron chi connectivity index (χ4n) is 2.07. The Morgan fingerprint density at radius 1 is 1.26 bits per heavy atom. The van der Waals surface area contributed by atoms with E-state index in [0.717, 1.165) is 32.4 Å². The van der Waals surface area contributed by atoms with Gasteiger partial charge in [-0.25, -0.2) is 0 Å². The molecule has 0 aliphatic rings. The highest BCUT2D eigenvalue weighted by molar-refractivity contribution is 5.75. The molecule has 4 nitrogen and oxygen atoms in total. The first-order valence-electron chi connectivity index (χ1n) is 7.37. The van der Waals surface area contributed by atoms with Gasteiger partial charge in [0.25, 0.3) is 0 Å². The molecule has 1 unspecified atom stereocenters. The van der Waals surface area contributed by atoms with Gasteiger partial charge in [-0.2, -0.15) is 0 Å². The van der Waals surface area contributed by atoms with Crippen LogP contribution in [0.2, 0.25) is 0 Å². The summed E-state index contributed by atoms with van der Waals surface area (Å²) in [5, 5.41) is 6.41. The van der Waals surface area contributed by atoms with Crippen molar-refractivity contribution in [3.63, 3.8) is 0 Å². The maximum absolute atomic E-state index is 11.6. The number of nitrogens with zero attached hydrogens (tertiary/aromatic N) is 1. The molecular formula is C15H27N3O. The Bertz CT molecular complexity index is 373. The molecule has 2 N–H and O–H groups in total. The zero-order valence-electron chi connectivity index (χ0n) is 12.4. The first-order chi connectivity index (χ1) is 9.21. The van der Waals surface area contributed by atoms with E-state index in [9.17, 15) is 4.79 Å². The van der Waals surface area contributed by atoms with Crippen LogP contribution in [0, 0.1) is 0 Å². The highest BCUT2D eigenvalue weighted by atomic mass is 16.1. The van der Waals surface area contributed by atoms with Crippen molar-refractivity contribution in [1.29, 1.82) is 0 Å². The zero-order chi connectivity index (χ0) is 14.1. The summed E-state index contributed by atoms with van der Waals surface area (Å²) in [4.78, 5) is 11.6. The van der Waals surface area contributed by atoms with Crippen LogP contribution in [0.5, 0.6) is 0 Å². The van der Waals surface area contributed by atoms with Crippen molar-refractivity contribution in [2.75, 3.05) is 13.1 Å². The van der Waals surface area contributed by atoms with Crippen molar-refractivity contribution in [2.24, 2.45) is 0 Å². The second-order valence-corrected chi connectivity index (χ2v) is 4.88. The molecule has 1 amide bonds. The topological polar surface area (TPSA) is 46.1 Å². The Kier molecular flexibility index (Phi) is 7.26. The highest BCUT2D eigenvalue weighted by Crippen LogP contribution is 2.16. The maximum Gasteiger partial charge on any atom is 0.239 e. The quantitative estimate of drug-likeness (QED) is 0.720. The summed E-state index contributed by atoms with van der Waals surface area (Å²) < 4.78 is 1.95. The third-order valence-corrected chi connectivity index (χ3v) is 3.12. The predicted octanol–water partition coefficient (Wildman–Crippen LogP) is 2.46. The molecular weight excluding hydrogens is 238 g/mol. The van der Waals surface area contributed by atoms with Gasteiger partial charge in [0.15, 0.2) is 0 Å². The van der Waals surface area contributed by atoms with Gasteiger partial charge in [-0.05, 0) is 37.4 Å². The van der Waals surface area contributed by atoms with Crippen molar-refractivity contribution >= 4 is 5.91 Å². The van der Waals surface area contributed by atoms with Crippen LogP contribution >= 0.6 is 0 Å². The molecule has 0 aliphatic carbocycles. The summed E-state index contributed by atoms with van der Waals surface area (Å²) in [5.41, 5.74) is 1.26. The summed E-state index contributed by atoms with van der Waals surface area (Å²) in [6, 6.07) is 2.49. The second-order valence-electron chi connectivity index (χ2n) is 4.88. The van der Waals surface area contributed by atoms with E-state index in [2.05, 4.69) is 43.7 Å². The summed E-state index contributed by atoms with van der Waals surface area (Å²) >= 11 is 0. The van der Waals surface area contributed by atoms with Crippen LogP contribution in [0.1, 0.15) is 51.6 Å². The molecule has 4 heteroatoms. The molecule has 1 rings (SSSR count). The molecule has 1 aromatic rings. The fraction of sp³-hybridized carbons (Fsp3) is 0.667. The summed E-state index contributed by atoms with van der Waals surface area (Å²) in [5.74, 6) is 0.0820. The summed E-state index contributed by atoms with van der Waals surface area (Å²) in [7, 11) is 0. The molecule has 0 saturated carbocycles. The van der Waals surface area contributed by atoms with E-state index in [1.165, 1.54) is 5.56 Å². The SMILES string of the molecule is CCCNC(=O)Cn1ccc(C(CC)NCCC)c1. The van der Waals surface area contributed by atoms with E-state index in [4.69, 9.17) is 0 Å². The van der Waals surface area contributed by atoms with E-state index < -0.39 is 0 Å². The Labute approximate surface area is 116 Å². The van der Waals surface area contributed by atoms with E-state index in [-0.39, 0.29) is 5.91 Å². The first-order valence-corrected chi connectivity index (χ1v) is 7.37. The molecule has 108 valence electrons. The summed E-state index contributed by atoms with van der Waals surface area (Å²) in [6.07, 6.45) is 7.23. The maximum atomic E-state index is 11.6. The standard InChI is InChI=1S/C15H27N3O/c1-4-8-16-14(6-3)13-7-10-18(11-13)12-15(19)17-9-5-2/h7,10-11,14,16H,4-6,8-9,12H2,1-3H3,(H,17,19). The Balaban J connectivity index is 2.52. The minimum Gasteiger partial charge on any atom is -0.355 e. The van der Waals surface area contributed by atoms with Crippen molar-refractivity contribution in [2.45, 2.75) is 52.6 Å². The Hall–Kier alpha value is -1.29. The minimum atomic E-state index is 0.0820. The van der Waals surface area contributed by atoms with Crippen molar-refractivity contribution in [3.8, 4) is 0 Å². The van der Waals surface area contributed by atoms with Crippen LogP contribution in [0.15, 0.2) is 18.5 Å². The van der Waals surface area contributed by atoms with Gasteiger partial charge in [0, 0.05) is 25.0 Å². The van der Waals surface area contributed by atoms with Crippen LogP contribution in [-0.2, 0) is 11.3 Å². The monoisotopic (exact) mass is 265 g/mol. The molecule has 0 spiro atoms. The largest absolute Gasteiger partial charge is 0.355 e.